The van der Waals surface area contributed by atoms with Gasteiger partial charge in [0.2, 0.25) is 0 Å². The maximum absolute atomic E-state index is 14.1. The first-order valence-corrected chi connectivity index (χ1v) is 22.2. The number of esters is 1. The third kappa shape index (κ3) is 9.16. The van der Waals surface area contributed by atoms with Gasteiger partial charge in [-0.05, 0) is 179 Å². The highest BCUT2D eigenvalue weighted by atomic mass is 16.6. The average molecular weight is 805 g/mol. The van der Waals surface area contributed by atoms with Gasteiger partial charge >= 0.3 is 18.2 Å². The molecule has 4 saturated carbocycles. The molecule has 0 unspecified atom stereocenters. The van der Waals surface area contributed by atoms with Crippen LogP contribution in [0.25, 0.3) is 0 Å². The van der Waals surface area contributed by atoms with Crippen molar-refractivity contribution >= 4 is 18.2 Å². The van der Waals surface area contributed by atoms with Gasteiger partial charge < -0.3 is 39.8 Å². The van der Waals surface area contributed by atoms with Crippen LogP contribution in [0.2, 0.25) is 0 Å². The lowest BCUT2D eigenvalue weighted by molar-refractivity contribution is -0.251. The molecule has 0 spiro atoms. The molecule has 1 heterocycles. The molecule has 11 nitrogen and oxygen atoms in total. The van der Waals surface area contributed by atoms with E-state index in [1.54, 1.807) is 20.8 Å². The zero-order chi connectivity index (χ0) is 42.8. The van der Waals surface area contributed by atoms with E-state index in [1.165, 1.54) is 0 Å². The number of aliphatic hydroxyl groups excluding tert-OH is 1. The molecule has 4 N–H and O–H groups in total. The summed E-state index contributed by atoms with van der Waals surface area (Å²) in [5.74, 6) is 0.504. The maximum atomic E-state index is 14.1. The minimum absolute atomic E-state index is 0.0296. The smallest absolute Gasteiger partial charge is 0.408 e. The van der Waals surface area contributed by atoms with Gasteiger partial charge in [0, 0.05) is 12.0 Å². The molecule has 328 valence electrons. The number of rotatable bonds is 10. The van der Waals surface area contributed by atoms with Crippen molar-refractivity contribution < 1.29 is 43.5 Å². The Bertz CT molecular complexity index is 1480. The van der Waals surface area contributed by atoms with E-state index in [2.05, 4.69) is 52.2 Å². The number of hydrogen-bond acceptors (Lipinski definition) is 9. The molecule has 1 saturated heterocycles. The van der Waals surface area contributed by atoms with E-state index in [0.717, 1.165) is 51.4 Å². The predicted molar refractivity (Wildman–Crippen MR) is 220 cm³/mol. The van der Waals surface area contributed by atoms with Crippen LogP contribution in [0, 0.1) is 45.3 Å². The Kier molecular flexibility index (Phi) is 12.7. The summed E-state index contributed by atoms with van der Waals surface area (Å²) in [7, 11) is 0. The Hall–Kier alpha value is -2.11. The highest BCUT2D eigenvalue weighted by Gasteiger charge is 2.72. The van der Waals surface area contributed by atoms with Crippen LogP contribution in [0.3, 0.4) is 0 Å². The average Bonchev–Trinajstić information content (AvgIpc) is 3.64. The van der Waals surface area contributed by atoms with Crippen LogP contribution in [0.1, 0.15) is 174 Å². The molecule has 4 aliphatic carbocycles. The molecule has 5 rings (SSSR count). The van der Waals surface area contributed by atoms with Gasteiger partial charge in [-0.15, -0.1) is 0 Å². The Morgan fingerprint density at radius 3 is 1.98 bits per heavy atom. The second-order valence-corrected chi connectivity index (χ2v) is 23.0. The van der Waals surface area contributed by atoms with Crippen molar-refractivity contribution in [2.75, 3.05) is 6.54 Å². The van der Waals surface area contributed by atoms with Gasteiger partial charge in [-0.2, -0.15) is 0 Å². The Morgan fingerprint density at radius 1 is 0.772 bits per heavy atom. The summed E-state index contributed by atoms with van der Waals surface area (Å²) in [4.78, 5) is 39.1. The molecular formula is C46H80N2O9. The number of unbranched alkanes of at least 4 members (excludes halogenated alkanes) is 1. The van der Waals surface area contributed by atoms with Crippen LogP contribution in [0.15, 0.2) is 0 Å². The first-order chi connectivity index (χ1) is 26.0. The number of fused-ring (bicyclic) bond motifs is 5. The topological polar surface area (TPSA) is 153 Å². The van der Waals surface area contributed by atoms with Crippen molar-refractivity contribution in [2.24, 2.45) is 45.3 Å². The lowest BCUT2D eigenvalue weighted by atomic mass is 9.35. The summed E-state index contributed by atoms with van der Waals surface area (Å²) in [5.41, 5.74) is -3.00. The van der Waals surface area contributed by atoms with Crippen molar-refractivity contribution in [1.29, 1.82) is 0 Å². The number of alkyl carbamates (subject to hydrolysis) is 2. The molecule has 57 heavy (non-hydrogen) atoms. The number of nitrogens with one attached hydrogen (secondary N) is 2. The van der Waals surface area contributed by atoms with Crippen LogP contribution in [-0.4, -0.2) is 81.7 Å². The van der Waals surface area contributed by atoms with Gasteiger partial charge in [0.05, 0.1) is 23.4 Å². The summed E-state index contributed by atoms with van der Waals surface area (Å²) in [5, 5.41) is 28.7. The van der Waals surface area contributed by atoms with Crippen LogP contribution in [-0.2, 0) is 23.7 Å². The molecule has 2 amide bonds. The first-order valence-electron chi connectivity index (χ1n) is 22.2. The molecule has 0 aromatic heterocycles. The van der Waals surface area contributed by atoms with Crippen molar-refractivity contribution in [3.63, 3.8) is 0 Å². The fourth-order valence-corrected chi connectivity index (χ4v) is 13.2. The molecule has 12 atom stereocenters. The Labute approximate surface area is 344 Å². The molecular weight excluding hydrogens is 725 g/mol. The van der Waals surface area contributed by atoms with E-state index in [1.807, 2.05) is 34.6 Å². The first kappa shape index (κ1) is 46.0. The molecule has 11 heteroatoms. The highest BCUT2D eigenvalue weighted by molar-refractivity contribution is 5.81. The van der Waals surface area contributed by atoms with Crippen molar-refractivity contribution in [1.82, 2.24) is 10.6 Å². The third-order valence-corrected chi connectivity index (χ3v) is 16.0. The van der Waals surface area contributed by atoms with Gasteiger partial charge in [-0.1, -0.05) is 34.6 Å². The van der Waals surface area contributed by atoms with Crippen molar-refractivity contribution in [2.45, 2.75) is 221 Å². The maximum Gasteiger partial charge on any atom is 0.408 e. The van der Waals surface area contributed by atoms with E-state index >= 15 is 0 Å². The summed E-state index contributed by atoms with van der Waals surface area (Å²) in [6, 6.07) is -0.898. The lowest BCUT2D eigenvalue weighted by Crippen LogP contribution is -2.67. The number of ether oxygens (including phenoxy) is 4. The second-order valence-electron chi connectivity index (χ2n) is 23.0. The molecule has 5 fully saturated rings. The molecule has 5 aliphatic rings. The molecule has 0 aromatic carbocycles. The van der Waals surface area contributed by atoms with E-state index in [4.69, 9.17) is 18.9 Å². The second kappa shape index (κ2) is 15.7. The lowest BCUT2D eigenvalue weighted by Gasteiger charge is -2.70. The van der Waals surface area contributed by atoms with Gasteiger partial charge in [-0.25, -0.2) is 14.4 Å². The SMILES string of the molecule is CC(C)(C)OC(=O)NCCCC[C@H](NC(=O)OC(C)(C)C)C(=O)O[C@H]1CC[C@]2(C)[C@H]3C[C@@H](O)[C@@H]4[C@@H]([C@]5(C)CC[C@H](C(C)(C)O)O5)CC[C@@]4(C)[C@]3(C)CC[C@H]2C1(C)C. The molecule has 0 radical (unpaired) electrons. The minimum Gasteiger partial charge on any atom is -0.460 e. The monoisotopic (exact) mass is 805 g/mol. The zero-order valence-corrected chi connectivity index (χ0v) is 38.1. The van der Waals surface area contributed by atoms with Gasteiger partial charge in [0.25, 0.3) is 0 Å². The molecule has 1 aliphatic heterocycles. The molecule has 0 bridgehead atoms. The van der Waals surface area contributed by atoms with Gasteiger partial charge in [0.15, 0.2) is 0 Å². The Morgan fingerprint density at radius 2 is 1.39 bits per heavy atom. The fraction of sp³-hybridized carbons (Fsp3) is 0.935. The standard InChI is InChI=1S/C46H80N2O9/c1-39(2,3)56-37(51)47-26-16-15-17-29(48-38(52)57-40(4,5)6)36(50)54-33-20-22-43(11)31(41(33,7)8)19-24-44(12)32(43)27-30(49)35-28(18-23-45(35,44)13)46(14)25-21-34(55-46)42(9,10)53/h28-35,49,53H,15-27H2,1-14H3,(H,47,51)(H,48,52)/t28-,29-,30+,31-,32+,33-,34+,35-,43-,44+,45+,46-/m0/s1. The van der Waals surface area contributed by atoms with E-state index in [9.17, 15) is 24.6 Å². The van der Waals surface area contributed by atoms with E-state index in [0.29, 0.717) is 38.1 Å². The van der Waals surface area contributed by atoms with Crippen LogP contribution in [0.4, 0.5) is 9.59 Å². The summed E-state index contributed by atoms with van der Waals surface area (Å²) in [6.45, 7) is 29.0. The molecule has 0 aromatic rings. The summed E-state index contributed by atoms with van der Waals surface area (Å²) >= 11 is 0. The minimum atomic E-state index is -0.898. The Balaban J connectivity index is 1.28. The normalized spacial score (nSPS) is 39.5. The number of aliphatic hydroxyl groups is 2. The van der Waals surface area contributed by atoms with Crippen LogP contribution < -0.4 is 10.6 Å². The largest absolute Gasteiger partial charge is 0.460 e. The third-order valence-electron chi connectivity index (χ3n) is 16.0. The van der Waals surface area contributed by atoms with Crippen molar-refractivity contribution in [3.05, 3.63) is 0 Å². The predicted octanol–water partition coefficient (Wildman–Crippen LogP) is 8.85. The van der Waals surface area contributed by atoms with Crippen LogP contribution >= 0.6 is 0 Å². The number of amides is 2. The quantitative estimate of drug-likeness (QED) is 0.0964. The summed E-state index contributed by atoms with van der Waals surface area (Å²) < 4.78 is 24.1. The fourth-order valence-electron chi connectivity index (χ4n) is 13.2. The van der Waals surface area contributed by atoms with Gasteiger partial charge in [-0.3, -0.25) is 0 Å². The van der Waals surface area contributed by atoms with Crippen molar-refractivity contribution in [3.8, 4) is 0 Å². The van der Waals surface area contributed by atoms with E-state index in [-0.39, 0.29) is 57.2 Å². The number of hydrogen-bond donors (Lipinski definition) is 4. The van der Waals surface area contributed by atoms with Crippen LogP contribution in [0.5, 0.6) is 0 Å². The zero-order valence-electron chi connectivity index (χ0n) is 38.1. The number of carbonyl (C=O) groups is 3. The van der Waals surface area contributed by atoms with Gasteiger partial charge in [0.1, 0.15) is 23.3 Å². The van der Waals surface area contributed by atoms with E-state index < -0.39 is 47.1 Å². The summed E-state index contributed by atoms with van der Waals surface area (Å²) in [6.07, 6.45) is 7.63. The highest BCUT2D eigenvalue weighted by Crippen LogP contribution is 2.76. The number of carbonyl (C=O) groups excluding carboxylic acids is 3.